The molecule has 0 heterocycles. The summed E-state index contributed by atoms with van der Waals surface area (Å²) in [5.74, 6) is -0.604. The van der Waals surface area contributed by atoms with Crippen LogP contribution in [0, 0.1) is 6.92 Å². The normalized spacial score (nSPS) is 11.1. The minimum Gasteiger partial charge on any atom is -0.355 e. The first-order valence-electron chi connectivity index (χ1n) is 8.14. The maximum atomic E-state index is 12.5. The van der Waals surface area contributed by atoms with Crippen molar-refractivity contribution in [3.63, 3.8) is 0 Å². The molecule has 2 aromatic rings. The SMILES string of the molecule is Cc1ccc(Br)cc1NC(=O)CCNC(=O)Cc1ccc(C(F)(F)F)cc1. The van der Waals surface area contributed by atoms with E-state index in [4.69, 9.17) is 0 Å². The van der Waals surface area contributed by atoms with E-state index < -0.39 is 11.7 Å². The number of hydrogen-bond acceptors (Lipinski definition) is 2. The summed E-state index contributed by atoms with van der Waals surface area (Å²) in [4.78, 5) is 23.8. The van der Waals surface area contributed by atoms with Crippen molar-refractivity contribution in [3.05, 3.63) is 63.6 Å². The van der Waals surface area contributed by atoms with Gasteiger partial charge >= 0.3 is 6.18 Å². The minimum atomic E-state index is -4.40. The Labute approximate surface area is 163 Å². The third-order valence-corrected chi connectivity index (χ3v) is 4.29. The fourth-order valence-corrected chi connectivity index (χ4v) is 2.68. The van der Waals surface area contributed by atoms with Crippen LogP contribution in [0.25, 0.3) is 0 Å². The molecule has 4 nitrogen and oxygen atoms in total. The number of rotatable bonds is 6. The molecule has 8 heteroatoms. The van der Waals surface area contributed by atoms with Crippen LogP contribution < -0.4 is 10.6 Å². The molecular weight excluding hydrogens is 425 g/mol. The summed E-state index contributed by atoms with van der Waals surface area (Å²) >= 11 is 3.33. The van der Waals surface area contributed by atoms with Gasteiger partial charge in [-0.1, -0.05) is 34.1 Å². The molecule has 0 bridgehead atoms. The first-order chi connectivity index (χ1) is 12.6. The molecule has 0 aliphatic carbocycles. The molecule has 0 spiro atoms. The molecule has 0 fully saturated rings. The summed E-state index contributed by atoms with van der Waals surface area (Å²) in [7, 11) is 0. The Bertz CT molecular complexity index is 821. The Kier molecular flexibility index (Phi) is 7.01. The van der Waals surface area contributed by atoms with E-state index in [-0.39, 0.29) is 31.2 Å². The number of amides is 2. The first kappa shape index (κ1) is 21.0. The average Bonchev–Trinajstić information content (AvgIpc) is 2.58. The lowest BCUT2D eigenvalue weighted by molar-refractivity contribution is -0.137. The van der Waals surface area contributed by atoms with Crippen LogP contribution in [0.2, 0.25) is 0 Å². The van der Waals surface area contributed by atoms with Gasteiger partial charge in [0.1, 0.15) is 0 Å². The number of nitrogens with one attached hydrogen (secondary N) is 2. The lowest BCUT2D eigenvalue weighted by Crippen LogP contribution is -2.29. The molecule has 0 radical (unpaired) electrons. The lowest BCUT2D eigenvalue weighted by Gasteiger charge is -2.10. The number of halogens is 4. The van der Waals surface area contributed by atoms with Crippen molar-refractivity contribution in [3.8, 4) is 0 Å². The Morgan fingerprint density at radius 2 is 1.70 bits per heavy atom. The molecule has 2 N–H and O–H groups in total. The van der Waals surface area contributed by atoms with Crippen LogP contribution in [0.4, 0.5) is 18.9 Å². The molecule has 0 aromatic heterocycles. The van der Waals surface area contributed by atoms with E-state index in [0.717, 1.165) is 22.2 Å². The van der Waals surface area contributed by atoms with Crippen LogP contribution in [0.1, 0.15) is 23.1 Å². The molecule has 2 aromatic carbocycles. The standard InChI is InChI=1S/C19H18BrF3N2O2/c1-12-2-7-15(20)11-16(12)25-17(26)8-9-24-18(27)10-13-3-5-14(6-4-13)19(21,22)23/h2-7,11H,8-10H2,1H3,(H,24,27)(H,25,26). The molecule has 0 aliphatic heterocycles. The van der Waals surface area contributed by atoms with Crippen LogP contribution in [0.5, 0.6) is 0 Å². The van der Waals surface area contributed by atoms with Crippen LogP contribution in [-0.4, -0.2) is 18.4 Å². The van der Waals surface area contributed by atoms with E-state index in [1.165, 1.54) is 12.1 Å². The minimum absolute atomic E-state index is 0.0511. The fraction of sp³-hybridized carbons (Fsp3) is 0.263. The summed E-state index contributed by atoms with van der Waals surface area (Å²) in [6.07, 6.45) is -4.37. The molecule has 0 unspecified atom stereocenters. The maximum absolute atomic E-state index is 12.5. The third-order valence-electron chi connectivity index (χ3n) is 3.79. The average molecular weight is 443 g/mol. The van der Waals surface area contributed by atoms with Crippen LogP contribution in [0.3, 0.4) is 0 Å². The van der Waals surface area contributed by atoms with Gasteiger partial charge in [-0.05, 0) is 42.3 Å². The van der Waals surface area contributed by atoms with Gasteiger partial charge in [-0.2, -0.15) is 13.2 Å². The monoisotopic (exact) mass is 442 g/mol. The zero-order chi connectivity index (χ0) is 20.0. The number of hydrogen-bond donors (Lipinski definition) is 2. The van der Waals surface area contributed by atoms with Gasteiger partial charge in [-0.3, -0.25) is 9.59 Å². The second kappa shape index (κ2) is 9.03. The van der Waals surface area contributed by atoms with Gasteiger partial charge in [-0.15, -0.1) is 0 Å². The van der Waals surface area contributed by atoms with Crippen molar-refractivity contribution in [2.75, 3.05) is 11.9 Å². The van der Waals surface area contributed by atoms with E-state index >= 15 is 0 Å². The molecule has 144 valence electrons. The Morgan fingerprint density at radius 3 is 2.33 bits per heavy atom. The molecular formula is C19H18BrF3N2O2. The van der Waals surface area contributed by atoms with Crippen molar-refractivity contribution in [2.45, 2.75) is 25.9 Å². The Morgan fingerprint density at radius 1 is 1.04 bits per heavy atom. The molecule has 2 rings (SSSR count). The highest BCUT2D eigenvalue weighted by Gasteiger charge is 2.29. The first-order valence-corrected chi connectivity index (χ1v) is 8.93. The number of alkyl halides is 3. The molecule has 27 heavy (non-hydrogen) atoms. The molecule has 0 saturated carbocycles. The topological polar surface area (TPSA) is 58.2 Å². The molecule has 0 aliphatic rings. The molecule has 2 amide bonds. The number of carbonyl (C=O) groups excluding carboxylic acids is 2. The lowest BCUT2D eigenvalue weighted by atomic mass is 10.1. The summed E-state index contributed by atoms with van der Waals surface area (Å²) in [6, 6.07) is 9.94. The van der Waals surface area contributed by atoms with Gasteiger partial charge in [0.2, 0.25) is 11.8 Å². The summed E-state index contributed by atoms with van der Waals surface area (Å²) in [5, 5.41) is 5.36. The zero-order valence-electron chi connectivity index (χ0n) is 14.5. The van der Waals surface area contributed by atoms with Gasteiger partial charge < -0.3 is 10.6 Å². The summed E-state index contributed by atoms with van der Waals surface area (Å²) < 4.78 is 38.4. The predicted octanol–water partition coefficient (Wildman–Crippen LogP) is 4.46. The van der Waals surface area contributed by atoms with Crippen molar-refractivity contribution in [2.24, 2.45) is 0 Å². The van der Waals surface area contributed by atoms with Crippen molar-refractivity contribution >= 4 is 33.4 Å². The van der Waals surface area contributed by atoms with Gasteiger partial charge in [-0.25, -0.2) is 0 Å². The van der Waals surface area contributed by atoms with Crippen LogP contribution >= 0.6 is 15.9 Å². The van der Waals surface area contributed by atoms with Crippen LogP contribution in [0.15, 0.2) is 46.9 Å². The van der Waals surface area contributed by atoms with Crippen LogP contribution in [-0.2, 0) is 22.2 Å². The van der Waals surface area contributed by atoms with E-state index in [0.29, 0.717) is 11.3 Å². The highest BCUT2D eigenvalue weighted by molar-refractivity contribution is 9.10. The number of aryl methyl sites for hydroxylation is 1. The van der Waals surface area contributed by atoms with E-state index in [9.17, 15) is 22.8 Å². The van der Waals surface area contributed by atoms with Gasteiger partial charge in [0.15, 0.2) is 0 Å². The van der Waals surface area contributed by atoms with E-state index in [1.807, 2.05) is 19.1 Å². The Hall–Kier alpha value is -2.35. The van der Waals surface area contributed by atoms with E-state index in [2.05, 4.69) is 26.6 Å². The smallest absolute Gasteiger partial charge is 0.355 e. The highest BCUT2D eigenvalue weighted by atomic mass is 79.9. The van der Waals surface area contributed by atoms with E-state index in [1.54, 1.807) is 6.07 Å². The number of anilines is 1. The van der Waals surface area contributed by atoms with Gasteiger partial charge in [0, 0.05) is 23.1 Å². The molecule has 0 atom stereocenters. The quantitative estimate of drug-likeness (QED) is 0.693. The fourth-order valence-electron chi connectivity index (χ4n) is 2.32. The Balaban J connectivity index is 1.77. The predicted molar refractivity (Wildman–Crippen MR) is 100 cm³/mol. The second-order valence-corrected chi connectivity index (χ2v) is 6.89. The largest absolute Gasteiger partial charge is 0.416 e. The molecule has 0 saturated heterocycles. The highest BCUT2D eigenvalue weighted by Crippen LogP contribution is 2.29. The van der Waals surface area contributed by atoms with Gasteiger partial charge in [0.05, 0.1) is 12.0 Å². The number of benzene rings is 2. The summed E-state index contributed by atoms with van der Waals surface area (Å²) in [5.41, 5.74) is 1.31. The van der Waals surface area contributed by atoms with Crippen molar-refractivity contribution in [1.29, 1.82) is 0 Å². The van der Waals surface area contributed by atoms with Crippen molar-refractivity contribution < 1.29 is 22.8 Å². The second-order valence-electron chi connectivity index (χ2n) is 5.98. The summed E-state index contributed by atoms with van der Waals surface area (Å²) in [6.45, 7) is 2.01. The maximum Gasteiger partial charge on any atom is 0.416 e. The van der Waals surface area contributed by atoms with Crippen molar-refractivity contribution in [1.82, 2.24) is 5.32 Å². The zero-order valence-corrected chi connectivity index (χ0v) is 16.1. The van der Waals surface area contributed by atoms with Gasteiger partial charge in [0.25, 0.3) is 0 Å². The third kappa shape index (κ3) is 6.71. The number of carbonyl (C=O) groups is 2.